The van der Waals surface area contributed by atoms with Crippen molar-refractivity contribution in [3.63, 3.8) is 0 Å². The topological polar surface area (TPSA) is 307 Å². The zero-order chi connectivity index (χ0) is 77.4. The third-order valence-electron chi connectivity index (χ3n) is 24.6. The van der Waals surface area contributed by atoms with Crippen molar-refractivity contribution in [2.45, 2.75) is 178 Å². The molecule has 4 fully saturated rings. The Kier molecular flexibility index (Phi) is 20.0. The first-order valence-electron chi connectivity index (χ1n) is 37.2. The van der Waals surface area contributed by atoms with Gasteiger partial charge in [-0.15, -0.1) is 23.5 Å². The summed E-state index contributed by atoms with van der Waals surface area (Å²) >= 11 is 2.95. The van der Waals surface area contributed by atoms with Gasteiger partial charge in [0, 0.05) is 90.1 Å². The summed E-state index contributed by atoms with van der Waals surface area (Å²) in [6.45, 7) is 20.0. The molecule has 5 N–H and O–H groups in total. The zero-order valence-corrected chi connectivity index (χ0v) is 65.5. The number of aromatic hydroxyl groups is 2. The number of ether oxygens (including phenoxy) is 9. The molecule has 109 heavy (non-hydrogen) atoms. The fraction of sp³-hybridized carbons (Fsp3) is 0.482. The van der Waals surface area contributed by atoms with Gasteiger partial charge in [0.2, 0.25) is 12.6 Å². The van der Waals surface area contributed by atoms with Gasteiger partial charge in [-0.05, 0) is 198 Å². The number of likely N-dealkylation sites (N-methyl/N-ethyl adjacent to an activating group) is 2. The van der Waals surface area contributed by atoms with Gasteiger partial charge < -0.3 is 58.6 Å². The molecule has 0 aromatic heterocycles. The van der Waals surface area contributed by atoms with E-state index in [1.54, 1.807) is 38.1 Å². The summed E-state index contributed by atoms with van der Waals surface area (Å²) in [7, 11) is 7.57. The fourth-order valence-corrected chi connectivity index (χ4v) is 23.1. The molecule has 8 bridgehead atoms. The van der Waals surface area contributed by atoms with E-state index in [9.17, 15) is 44.7 Å². The Morgan fingerprint density at radius 3 is 1.74 bits per heavy atom. The Labute approximate surface area is 642 Å². The molecule has 2 unspecified atom stereocenters. The largest absolute Gasteiger partial charge is 0.508 e. The highest BCUT2D eigenvalue weighted by Gasteiger charge is 2.64. The SMILES string of the molecule is COc1c(C)cc2c(c1C)[C@@H]1C3[C@@H]4SCC(=O)C(=O)OC[C@@H](c5c6c(c(C)c(OC(C)=O)c54)OCO6)N3[C@@H](C#N)[C@H](C2)N1C.COc1c(C)cc2c(c1C)[C@@H]1C3[C@@H]4SC[C@]5(NCCc6cc(O)c(C)cc65)C(=O)OC[C@@H](c5c6c(c(C)c(OC(C)=O)c54)OCC6)N3[C@@H](C#N)[C@H](C2)N1C.Cc1ccc(CCN)cc1O. The number of hydrogen-bond acceptors (Lipinski definition) is 26. The van der Waals surface area contributed by atoms with E-state index in [-0.39, 0.29) is 79.0 Å². The average Bonchev–Trinajstić information content (AvgIpc) is 1.41. The number of nitrogens with zero attached hydrogens (tertiary/aromatic N) is 6. The second-order valence-electron chi connectivity index (χ2n) is 30.5. The number of rotatable bonds is 6. The van der Waals surface area contributed by atoms with Gasteiger partial charge in [-0.25, -0.2) is 9.59 Å². The molecule has 0 aliphatic carbocycles. The third kappa shape index (κ3) is 11.9. The number of esters is 4. The zero-order valence-electron chi connectivity index (χ0n) is 63.8. The molecule has 4 saturated heterocycles. The highest BCUT2D eigenvalue weighted by Crippen LogP contribution is 2.66. The molecule has 0 radical (unpaired) electrons. The minimum absolute atomic E-state index is 0.00501. The molecule has 6 aromatic rings. The van der Waals surface area contributed by atoms with E-state index in [1.807, 2.05) is 59.9 Å². The van der Waals surface area contributed by atoms with Crippen molar-refractivity contribution in [2.24, 2.45) is 5.73 Å². The molecule has 18 rings (SSSR count). The Bertz CT molecular complexity index is 4940. The third-order valence-corrected chi connectivity index (χ3v) is 27.4. The normalized spacial score (nSPS) is 27.2. The van der Waals surface area contributed by atoms with E-state index >= 15 is 0 Å². The molecule has 12 aliphatic heterocycles. The van der Waals surface area contributed by atoms with Crippen molar-refractivity contribution in [3.05, 3.63) is 154 Å². The van der Waals surface area contributed by atoms with Crippen LogP contribution in [-0.2, 0) is 71.1 Å². The van der Waals surface area contributed by atoms with Gasteiger partial charge in [0.1, 0.15) is 65.5 Å². The average molecular weight is 1520 g/mol. The molecule has 12 heterocycles. The van der Waals surface area contributed by atoms with Gasteiger partial charge in [-0.3, -0.25) is 39.3 Å². The van der Waals surface area contributed by atoms with Crippen LogP contribution in [0.5, 0.6) is 51.7 Å². The smallest absolute Gasteiger partial charge is 0.375 e. The number of nitrogens with one attached hydrogen (secondary N) is 1. The molecule has 24 nitrogen and oxygen atoms in total. The van der Waals surface area contributed by atoms with Gasteiger partial charge in [0.05, 0.1) is 73.4 Å². The highest BCUT2D eigenvalue weighted by atomic mass is 32.2. The predicted molar refractivity (Wildman–Crippen MR) is 406 cm³/mol. The molecule has 0 saturated carbocycles. The summed E-state index contributed by atoms with van der Waals surface area (Å²) in [5.41, 5.74) is 23.1. The molecular weight excluding hydrogens is 1430 g/mol. The lowest BCUT2D eigenvalue weighted by atomic mass is 9.70. The lowest BCUT2D eigenvalue weighted by Crippen LogP contribution is -2.69. The second-order valence-corrected chi connectivity index (χ2v) is 32.8. The van der Waals surface area contributed by atoms with Crippen LogP contribution in [-0.4, -0.2) is 175 Å². The number of aryl methyl sites for hydroxylation is 4. The number of phenols is 2. The number of nitrogens with two attached hydrogens (primary N) is 1. The van der Waals surface area contributed by atoms with Gasteiger partial charge >= 0.3 is 23.9 Å². The van der Waals surface area contributed by atoms with E-state index in [2.05, 4.69) is 77.0 Å². The number of thioether (sulfide) groups is 2. The fourth-order valence-electron chi connectivity index (χ4n) is 20.1. The highest BCUT2D eigenvalue weighted by molar-refractivity contribution is 8.00. The summed E-state index contributed by atoms with van der Waals surface area (Å²) in [5.74, 6) is 2.02. The first-order valence-corrected chi connectivity index (χ1v) is 39.3. The monoisotopic (exact) mass is 1520 g/mol. The number of phenolic OH excluding ortho intramolecular Hbond substituents is 2. The van der Waals surface area contributed by atoms with E-state index < -0.39 is 58.6 Å². The van der Waals surface area contributed by atoms with Crippen LogP contribution in [0, 0.1) is 78.1 Å². The quantitative estimate of drug-likeness (QED) is 0.0685. The summed E-state index contributed by atoms with van der Waals surface area (Å²) in [6, 6.07) is 15.4. The van der Waals surface area contributed by atoms with Gasteiger partial charge in [-0.1, -0.05) is 24.3 Å². The molecule has 6 aromatic carbocycles. The minimum Gasteiger partial charge on any atom is -0.508 e. The lowest BCUT2D eigenvalue weighted by Gasteiger charge is -2.62. The number of fused-ring (bicyclic) bond motifs is 18. The number of Topliss-reactive ketones (excluding diaryl/α,β-unsaturated/α-hetero) is 1. The maximum Gasteiger partial charge on any atom is 0.375 e. The molecule has 572 valence electrons. The van der Waals surface area contributed by atoms with Gasteiger partial charge in [0.25, 0.3) is 0 Å². The summed E-state index contributed by atoms with van der Waals surface area (Å²) < 4.78 is 54.5. The maximum absolute atomic E-state index is 14.8. The predicted octanol–water partition coefficient (Wildman–Crippen LogP) is 9.70. The Morgan fingerprint density at radius 2 is 1.17 bits per heavy atom. The van der Waals surface area contributed by atoms with Crippen LogP contribution in [0.4, 0.5) is 0 Å². The van der Waals surface area contributed by atoms with E-state index in [0.717, 1.165) is 95.8 Å². The van der Waals surface area contributed by atoms with Crippen molar-refractivity contribution in [1.29, 1.82) is 10.5 Å². The number of carbonyl (C=O) groups excluding carboxylic acids is 5. The van der Waals surface area contributed by atoms with Crippen molar-refractivity contribution in [3.8, 4) is 63.9 Å². The lowest BCUT2D eigenvalue weighted by molar-refractivity contribution is -0.157. The molecule has 1 spiro atoms. The van der Waals surface area contributed by atoms with Crippen molar-refractivity contribution < 1.29 is 76.8 Å². The van der Waals surface area contributed by atoms with Crippen LogP contribution >= 0.6 is 23.5 Å². The number of cyclic esters (lactones) is 1. The number of nitriles is 2. The Hall–Kier alpha value is -9.09. The van der Waals surface area contributed by atoms with Crippen molar-refractivity contribution in [1.82, 2.24) is 24.9 Å². The number of piperazine rings is 2. The van der Waals surface area contributed by atoms with Gasteiger partial charge in [-0.2, -0.15) is 10.5 Å². The summed E-state index contributed by atoms with van der Waals surface area (Å²) in [6.07, 6.45) is 3.48. The van der Waals surface area contributed by atoms with Crippen LogP contribution in [0.1, 0.15) is 160 Å². The number of benzene rings is 6. The van der Waals surface area contributed by atoms with Gasteiger partial charge in [0.15, 0.2) is 17.0 Å². The molecule has 12 aliphatic rings. The van der Waals surface area contributed by atoms with E-state index in [1.165, 1.54) is 36.7 Å². The molecular formula is C83H92N8O16S2. The second kappa shape index (κ2) is 29.0. The summed E-state index contributed by atoms with van der Waals surface area (Å²) in [5, 5.41) is 44.8. The van der Waals surface area contributed by atoms with Crippen LogP contribution in [0.25, 0.3) is 0 Å². The molecule has 26 heteroatoms. The van der Waals surface area contributed by atoms with Crippen molar-refractivity contribution in [2.75, 3.05) is 79.5 Å². The number of methoxy groups -OCH3 is 2. The van der Waals surface area contributed by atoms with Crippen LogP contribution in [0.3, 0.4) is 0 Å². The maximum atomic E-state index is 14.8. The van der Waals surface area contributed by atoms with Crippen LogP contribution < -0.4 is 44.2 Å². The standard InChI is InChI=1S/C42H46N4O7S.C32H33N3O8S.C9H13NO/c1-19-13-27-24(15-31(19)48)8-10-44-42(27)18-54-40-34-33(26-9-11-51-38(26)22(4)39(34)53-23(5)47)30(17-52-41(42)49)46-29(16-43)28-14-25-12-20(2)37(50-7)21(3)32(25)35(36(40)46)45(28)6;1-13-7-17-8-18-19(9-33)35-20-10-40-32(38)21(37)11-44-31(26(35)25(34(18)5)22(17)14(2)27(13)39-6)24-23(20)30-29(41-12-42-30)15(3)28(24)43-16(4)36;1-7-2-3-8(4-5-10)6-9(7)11/h12-13,15,28-30,35-36,40,44,48H,8-11,14,17-18H2,1-7H3;7,18-20,25-26,31H,8,10-12H2,1-6H3;2-3,6,11H,4-5,10H2,1H3/t28-,29-,30-,35+,36?,40+,42+;18-,19-,20-,25+,26?,31+;/m00./s1. The van der Waals surface area contributed by atoms with E-state index in [0.29, 0.717) is 108 Å². The van der Waals surface area contributed by atoms with Crippen LogP contribution in [0.15, 0.2) is 42.5 Å². The Morgan fingerprint density at radius 1 is 0.624 bits per heavy atom. The van der Waals surface area contributed by atoms with Crippen molar-refractivity contribution >= 4 is 53.2 Å². The first-order chi connectivity index (χ1) is 52.2. The summed E-state index contributed by atoms with van der Waals surface area (Å²) in [4.78, 5) is 75.2. The van der Waals surface area contributed by atoms with E-state index in [4.69, 9.17) is 48.4 Å². The number of carbonyl (C=O) groups is 5. The van der Waals surface area contributed by atoms with Crippen LogP contribution in [0.2, 0.25) is 0 Å². The molecule has 13 atom stereocenters. The minimum atomic E-state index is -1.20. The molecule has 0 amide bonds. The number of ketones is 1. The Balaban J connectivity index is 0.000000154. The number of hydrogen-bond donors (Lipinski definition) is 4. The first kappa shape index (κ1) is 75.3.